The average molecular weight is 591 g/mol. The van der Waals surface area contributed by atoms with Crippen molar-refractivity contribution in [1.82, 2.24) is 20.5 Å². The number of piperidine rings is 1. The van der Waals surface area contributed by atoms with E-state index in [2.05, 4.69) is 40.2 Å². The van der Waals surface area contributed by atoms with Crippen LogP contribution in [0.1, 0.15) is 83.6 Å². The van der Waals surface area contributed by atoms with Gasteiger partial charge in [-0.05, 0) is 74.6 Å². The summed E-state index contributed by atoms with van der Waals surface area (Å²) in [4.78, 5) is 43.7. The van der Waals surface area contributed by atoms with Gasteiger partial charge in [0, 0.05) is 50.4 Å². The SMILES string of the molecule is CC/C1=C/C(CC(NC(=O)N2CCC(N3Cc4ccccc4NC3=O)CC2)C(=O)OC2(C)CCCCC2)=C\C/C=N\NC1. The van der Waals surface area contributed by atoms with E-state index < -0.39 is 11.6 Å². The molecule has 1 aromatic carbocycles. The van der Waals surface area contributed by atoms with Crippen LogP contribution in [0.4, 0.5) is 15.3 Å². The van der Waals surface area contributed by atoms with E-state index in [-0.39, 0.29) is 24.1 Å². The van der Waals surface area contributed by atoms with E-state index in [0.29, 0.717) is 51.9 Å². The van der Waals surface area contributed by atoms with Gasteiger partial charge in [0.1, 0.15) is 11.6 Å². The third-order valence-electron chi connectivity index (χ3n) is 9.15. The number of carbonyl (C=O) groups excluding carboxylic acids is 3. The molecule has 0 radical (unpaired) electrons. The summed E-state index contributed by atoms with van der Waals surface area (Å²) in [7, 11) is 0. The number of fused-ring (bicyclic) bond motifs is 1. The van der Waals surface area contributed by atoms with Gasteiger partial charge in [-0.2, -0.15) is 5.10 Å². The first-order chi connectivity index (χ1) is 20.8. The molecule has 3 N–H and O–H groups in total. The number of para-hydroxylation sites is 1. The van der Waals surface area contributed by atoms with Crippen LogP contribution in [0.2, 0.25) is 0 Å². The minimum Gasteiger partial charge on any atom is -0.458 e. The molecule has 43 heavy (non-hydrogen) atoms. The first-order valence-corrected chi connectivity index (χ1v) is 15.9. The highest BCUT2D eigenvalue weighted by Gasteiger charge is 2.36. The number of hydrogen-bond donors (Lipinski definition) is 3. The van der Waals surface area contributed by atoms with Crippen molar-refractivity contribution in [1.29, 1.82) is 0 Å². The van der Waals surface area contributed by atoms with Crippen molar-refractivity contribution in [3.63, 3.8) is 0 Å². The fourth-order valence-electron chi connectivity index (χ4n) is 6.49. The molecule has 3 aliphatic heterocycles. The fourth-order valence-corrected chi connectivity index (χ4v) is 6.49. The minimum absolute atomic E-state index is 0.0429. The largest absolute Gasteiger partial charge is 0.458 e. The molecule has 232 valence electrons. The van der Waals surface area contributed by atoms with Crippen molar-refractivity contribution in [2.24, 2.45) is 5.10 Å². The number of amides is 4. The van der Waals surface area contributed by atoms with Crippen molar-refractivity contribution in [2.45, 2.75) is 102 Å². The Morgan fingerprint density at radius 3 is 2.70 bits per heavy atom. The number of anilines is 1. The molecule has 4 amide bonds. The van der Waals surface area contributed by atoms with Gasteiger partial charge >= 0.3 is 18.0 Å². The van der Waals surface area contributed by atoms with Crippen LogP contribution < -0.4 is 16.1 Å². The highest BCUT2D eigenvalue weighted by atomic mass is 16.6. The van der Waals surface area contributed by atoms with Crippen molar-refractivity contribution < 1.29 is 19.1 Å². The number of likely N-dealkylation sites (tertiary alicyclic amines) is 1. The van der Waals surface area contributed by atoms with E-state index >= 15 is 0 Å². The first kappa shape index (κ1) is 30.6. The van der Waals surface area contributed by atoms with Gasteiger partial charge < -0.3 is 30.6 Å². The fraction of sp³-hybridized carbons (Fsp3) is 0.576. The van der Waals surface area contributed by atoms with E-state index in [0.717, 1.165) is 55.3 Å². The topological polar surface area (TPSA) is 115 Å². The summed E-state index contributed by atoms with van der Waals surface area (Å²) in [5.74, 6) is -0.379. The van der Waals surface area contributed by atoms with Gasteiger partial charge in [-0.3, -0.25) is 0 Å². The van der Waals surface area contributed by atoms with Gasteiger partial charge in [0.05, 0.1) is 6.54 Å². The number of urea groups is 2. The highest BCUT2D eigenvalue weighted by Crippen LogP contribution is 2.32. The average Bonchev–Trinajstić information content (AvgIpc) is 3.12. The zero-order chi connectivity index (χ0) is 30.2. The molecule has 1 unspecified atom stereocenters. The number of nitrogens with zero attached hydrogens (tertiary/aromatic N) is 3. The normalized spacial score (nSPS) is 24.7. The molecule has 0 spiro atoms. The summed E-state index contributed by atoms with van der Waals surface area (Å²) in [6.45, 7) is 6.32. The third-order valence-corrected chi connectivity index (χ3v) is 9.15. The molecule has 3 heterocycles. The maximum absolute atomic E-state index is 13.7. The van der Waals surface area contributed by atoms with Gasteiger partial charge in [0.2, 0.25) is 0 Å². The maximum atomic E-state index is 13.7. The monoisotopic (exact) mass is 590 g/mol. The minimum atomic E-state index is -0.806. The first-order valence-electron chi connectivity index (χ1n) is 15.9. The summed E-state index contributed by atoms with van der Waals surface area (Å²) in [5.41, 5.74) is 6.68. The second kappa shape index (κ2) is 14.1. The van der Waals surface area contributed by atoms with Crippen LogP contribution in [0.15, 0.2) is 52.7 Å². The Morgan fingerprint density at radius 2 is 1.93 bits per heavy atom. The molecule has 1 saturated carbocycles. The molecular weight excluding hydrogens is 544 g/mol. The molecule has 10 nitrogen and oxygen atoms in total. The summed E-state index contributed by atoms with van der Waals surface area (Å²) in [6.07, 6.45) is 14.1. The number of ether oxygens (including phenoxy) is 1. The lowest BCUT2D eigenvalue weighted by Gasteiger charge is -2.41. The van der Waals surface area contributed by atoms with Gasteiger partial charge in [-0.15, -0.1) is 0 Å². The molecule has 1 aliphatic carbocycles. The third kappa shape index (κ3) is 7.97. The van der Waals surface area contributed by atoms with Crippen molar-refractivity contribution in [2.75, 3.05) is 25.0 Å². The Labute approximate surface area is 255 Å². The summed E-state index contributed by atoms with van der Waals surface area (Å²) in [5, 5.41) is 10.3. The van der Waals surface area contributed by atoms with E-state index in [1.165, 1.54) is 5.57 Å². The van der Waals surface area contributed by atoms with Crippen LogP contribution in [0.5, 0.6) is 0 Å². The lowest BCUT2D eigenvalue weighted by atomic mass is 9.86. The van der Waals surface area contributed by atoms with Crippen LogP contribution in [0.25, 0.3) is 0 Å². The summed E-state index contributed by atoms with van der Waals surface area (Å²) < 4.78 is 6.13. The van der Waals surface area contributed by atoms with Crippen LogP contribution in [-0.2, 0) is 16.1 Å². The Morgan fingerprint density at radius 1 is 1.16 bits per heavy atom. The second-order valence-corrected chi connectivity index (χ2v) is 12.4. The Hall–Kier alpha value is -3.82. The summed E-state index contributed by atoms with van der Waals surface area (Å²) >= 11 is 0. The van der Waals surface area contributed by atoms with Gasteiger partial charge in [0.15, 0.2) is 0 Å². The predicted molar refractivity (Wildman–Crippen MR) is 168 cm³/mol. The molecule has 0 bridgehead atoms. The molecule has 10 heteroatoms. The zero-order valence-electron chi connectivity index (χ0n) is 25.6. The van der Waals surface area contributed by atoms with Gasteiger partial charge in [-0.25, -0.2) is 14.4 Å². The molecule has 1 saturated heterocycles. The molecule has 1 aromatic rings. The molecule has 5 rings (SSSR count). The summed E-state index contributed by atoms with van der Waals surface area (Å²) in [6, 6.07) is 6.73. The molecule has 0 aromatic heterocycles. The van der Waals surface area contributed by atoms with Crippen LogP contribution in [0, 0.1) is 0 Å². The van der Waals surface area contributed by atoms with E-state index in [1.54, 1.807) is 4.90 Å². The van der Waals surface area contributed by atoms with Crippen molar-refractivity contribution >= 4 is 29.9 Å². The Balaban J connectivity index is 1.25. The zero-order valence-corrected chi connectivity index (χ0v) is 25.6. The predicted octanol–water partition coefficient (Wildman–Crippen LogP) is 5.47. The molecular formula is C33H46N6O4. The Bertz CT molecular complexity index is 1260. The van der Waals surface area contributed by atoms with E-state index in [1.807, 2.05) is 42.3 Å². The van der Waals surface area contributed by atoms with Gasteiger partial charge in [0.25, 0.3) is 0 Å². The number of hydrogen-bond acceptors (Lipinski definition) is 6. The number of esters is 1. The number of benzene rings is 1. The number of rotatable bonds is 7. The van der Waals surface area contributed by atoms with E-state index in [4.69, 9.17) is 4.74 Å². The lowest BCUT2D eigenvalue weighted by molar-refractivity contribution is -0.163. The quantitative estimate of drug-likeness (QED) is 0.364. The number of nitrogens with one attached hydrogen (secondary N) is 3. The van der Waals surface area contributed by atoms with Crippen molar-refractivity contribution in [3.05, 3.63) is 53.1 Å². The number of allylic oxidation sites excluding steroid dienone is 2. The van der Waals surface area contributed by atoms with Crippen LogP contribution in [-0.4, -0.2) is 71.4 Å². The second-order valence-electron chi connectivity index (χ2n) is 12.4. The lowest BCUT2D eigenvalue weighted by Crippen LogP contribution is -2.55. The van der Waals surface area contributed by atoms with E-state index in [9.17, 15) is 14.4 Å². The number of carbonyl (C=O) groups is 3. The maximum Gasteiger partial charge on any atom is 0.329 e. The number of hydrazone groups is 1. The standard InChI is InChI=1S/C33H46N6O4/c1-3-24-20-25(10-9-17-34-35-22-24)21-29(30(40)43-33(2)15-7-4-8-16-33)37-31(41)38-18-13-27(14-19-38)39-23-26-11-5-6-12-28(26)36-32(39)42/h5-6,10-12,17,20,27,29,35H,3-4,7-9,13-16,18-19,21-23H2,1-2H3,(H,36,42)(H,37,41)/b24-20-,25-10+,34-17-. The molecule has 1 atom stereocenters. The van der Waals surface area contributed by atoms with Crippen LogP contribution >= 0.6 is 0 Å². The highest BCUT2D eigenvalue weighted by molar-refractivity contribution is 5.92. The smallest absolute Gasteiger partial charge is 0.329 e. The van der Waals surface area contributed by atoms with Crippen LogP contribution in [0.3, 0.4) is 0 Å². The molecule has 2 fully saturated rings. The van der Waals surface area contributed by atoms with Crippen molar-refractivity contribution in [3.8, 4) is 0 Å². The molecule has 4 aliphatic rings. The van der Waals surface area contributed by atoms with Gasteiger partial charge in [-0.1, -0.05) is 43.7 Å². The Kier molecular flexibility index (Phi) is 10.0.